The first kappa shape index (κ1) is 21.7. The van der Waals surface area contributed by atoms with Crippen LogP contribution in [0.15, 0.2) is 66.7 Å². The molecule has 0 aliphatic heterocycles. The van der Waals surface area contributed by atoms with E-state index in [9.17, 15) is 4.79 Å². The van der Waals surface area contributed by atoms with Crippen LogP contribution in [0.5, 0.6) is 11.5 Å². The van der Waals surface area contributed by atoms with Crippen molar-refractivity contribution in [3.63, 3.8) is 0 Å². The summed E-state index contributed by atoms with van der Waals surface area (Å²) in [6, 6.07) is 18.3. The summed E-state index contributed by atoms with van der Waals surface area (Å²) in [7, 11) is 1.62. The molecule has 3 aromatic carbocycles. The topological polar surface area (TPSA) is 35.5 Å². The fourth-order valence-corrected chi connectivity index (χ4v) is 3.28. The molecule has 0 amide bonds. The molecule has 0 aliphatic carbocycles. The highest BCUT2D eigenvalue weighted by Crippen LogP contribution is 2.25. The zero-order valence-corrected chi connectivity index (χ0v) is 19.2. The summed E-state index contributed by atoms with van der Waals surface area (Å²) in [4.78, 5) is 12.4. The van der Waals surface area contributed by atoms with Gasteiger partial charge in [-0.3, -0.25) is 4.79 Å². The van der Waals surface area contributed by atoms with Gasteiger partial charge in [-0.05, 0) is 88.8 Å². The van der Waals surface area contributed by atoms with Crippen LogP contribution in [0.2, 0.25) is 10.0 Å². The molecule has 0 radical (unpaired) electrons. The summed E-state index contributed by atoms with van der Waals surface area (Å²) >= 11 is 14.1. The summed E-state index contributed by atoms with van der Waals surface area (Å²) < 4.78 is 12.4. The third-order valence-electron chi connectivity index (χ3n) is 4.14. The van der Waals surface area contributed by atoms with E-state index < -0.39 is 0 Å². The number of carbonyl (C=O) groups excluding carboxylic acids is 1. The number of allylic oxidation sites excluding steroid dienone is 1. The van der Waals surface area contributed by atoms with Crippen LogP contribution in [0, 0.1) is 3.57 Å². The van der Waals surface area contributed by atoms with Crippen LogP contribution in [0.25, 0.3) is 6.08 Å². The molecule has 0 heterocycles. The molecule has 0 fully saturated rings. The van der Waals surface area contributed by atoms with Crippen molar-refractivity contribution in [3.05, 3.63) is 97.0 Å². The summed E-state index contributed by atoms with van der Waals surface area (Å²) in [6.07, 6.45) is 3.25. The molecule has 0 aliphatic rings. The second-order valence-electron chi connectivity index (χ2n) is 6.14. The number of hydrogen-bond donors (Lipinski definition) is 0. The first-order valence-corrected chi connectivity index (χ1v) is 10.5. The van der Waals surface area contributed by atoms with Crippen molar-refractivity contribution in [2.75, 3.05) is 7.11 Å². The Balaban J connectivity index is 1.74. The molecular formula is C23H17Cl2IO3. The van der Waals surface area contributed by atoms with Gasteiger partial charge in [-0.1, -0.05) is 35.3 Å². The quantitative estimate of drug-likeness (QED) is 0.183. The van der Waals surface area contributed by atoms with Crippen LogP contribution in [-0.4, -0.2) is 12.9 Å². The van der Waals surface area contributed by atoms with Gasteiger partial charge in [0.2, 0.25) is 0 Å². The summed E-state index contributed by atoms with van der Waals surface area (Å²) in [5, 5.41) is 0.769. The average Bonchev–Trinajstić information content (AvgIpc) is 2.73. The van der Waals surface area contributed by atoms with E-state index in [4.69, 9.17) is 32.7 Å². The molecular weight excluding hydrogens is 522 g/mol. The fraction of sp³-hybridized carbons (Fsp3) is 0.0870. The van der Waals surface area contributed by atoms with Gasteiger partial charge in [0.15, 0.2) is 5.78 Å². The number of ether oxygens (including phenoxy) is 2. The minimum Gasteiger partial charge on any atom is -0.496 e. The van der Waals surface area contributed by atoms with E-state index in [1.165, 1.54) is 6.08 Å². The predicted molar refractivity (Wildman–Crippen MR) is 126 cm³/mol. The highest BCUT2D eigenvalue weighted by atomic mass is 127. The van der Waals surface area contributed by atoms with Crippen LogP contribution < -0.4 is 9.47 Å². The lowest BCUT2D eigenvalue weighted by Crippen LogP contribution is -1.99. The molecule has 0 saturated carbocycles. The van der Waals surface area contributed by atoms with Crippen molar-refractivity contribution >= 4 is 57.7 Å². The molecule has 0 N–H and O–H groups in total. The zero-order valence-electron chi connectivity index (χ0n) is 15.5. The molecule has 0 aromatic heterocycles. The van der Waals surface area contributed by atoms with E-state index in [1.807, 2.05) is 42.5 Å². The van der Waals surface area contributed by atoms with Gasteiger partial charge < -0.3 is 9.47 Å². The first-order valence-electron chi connectivity index (χ1n) is 8.69. The number of hydrogen-bond acceptors (Lipinski definition) is 3. The molecule has 29 heavy (non-hydrogen) atoms. The van der Waals surface area contributed by atoms with E-state index in [-0.39, 0.29) is 5.78 Å². The lowest BCUT2D eigenvalue weighted by atomic mass is 10.1. The van der Waals surface area contributed by atoms with E-state index in [0.717, 1.165) is 26.2 Å². The number of benzene rings is 3. The summed E-state index contributed by atoms with van der Waals surface area (Å²) in [5.74, 6) is 1.35. The van der Waals surface area contributed by atoms with Gasteiger partial charge >= 0.3 is 0 Å². The van der Waals surface area contributed by atoms with E-state index in [1.54, 1.807) is 31.4 Å². The van der Waals surface area contributed by atoms with Crippen LogP contribution >= 0.6 is 45.8 Å². The van der Waals surface area contributed by atoms with Crippen molar-refractivity contribution in [2.45, 2.75) is 6.61 Å². The molecule has 6 heteroatoms. The Bertz CT molecular complexity index is 1050. The van der Waals surface area contributed by atoms with Crippen molar-refractivity contribution in [3.8, 4) is 11.5 Å². The van der Waals surface area contributed by atoms with E-state index >= 15 is 0 Å². The average molecular weight is 539 g/mol. The second-order valence-corrected chi connectivity index (χ2v) is 8.20. The second kappa shape index (κ2) is 10.1. The normalized spacial score (nSPS) is 10.9. The summed E-state index contributed by atoms with van der Waals surface area (Å²) in [5.41, 5.74) is 2.22. The van der Waals surface area contributed by atoms with Crippen LogP contribution in [0.3, 0.4) is 0 Å². The Morgan fingerprint density at radius 3 is 2.45 bits per heavy atom. The maximum Gasteiger partial charge on any atom is 0.185 e. The number of ketones is 1. The molecule has 0 bridgehead atoms. The van der Waals surface area contributed by atoms with Crippen molar-refractivity contribution in [1.82, 2.24) is 0 Å². The highest BCUT2D eigenvalue weighted by molar-refractivity contribution is 14.1. The number of methoxy groups -OCH3 is 1. The van der Waals surface area contributed by atoms with E-state index in [0.29, 0.717) is 22.2 Å². The third-order valence-corrected chi connectivity index (χ3v) is 5.60. The third kappa shape index (κ3) is 5.98. The monoisotopic (exact) mass is 538 g/mol. The lowest BCUT2D eigenvalue weighted by molar-refractivity contribution is 0.104. The van der Waals surface area contributed by atoms with Crippen LogP contribution in [-0.2, 0) is 6.61 Å². The Kier molecular flexibility index (Phi) is 7.58. The Morgan fingerprint density at radius 2 is 1.76 bits per heavy atom. The molecule has 0 unspecified atom stereocenters. The molecule has 3 aromatic rings. The zero-order chi connectivity index (χ0) is 20.8. The van der Waals surface area contributed by atoms with Gasteiger partial charge in [0.25, 0.3) is 0 Å². The Labute approximate surface area is 193 Å². The van der Waals surface area contributed by atoms with Crippen molar-refractivity contribution in [2.24, 2.45) is 0 Å². The van der Waals surface area contributed by atoms with Gasteiger partial charge in [-0.25, -0.2) is 0 Å². The molecule has 0 saturated heterocycles. The minimum atomic E-state index is -0.156. The summed E-state index contributed by atoms with van der Waals surface area (Å²) in [6.45, 7) is 0.353. The highest BCUT2D eigenvalue weighted by Gasteiger charge is 2.07. The van der Waals surface area contributed by atoms with Gasteiger partial charge in [0.05, 0.1) is 17.2 Å². The molecule has 0 atom stereocenters. The smallest absolute Gasteiger partial charge is 0.185 e. The molecule has 3 rings (SSSR count). The van der Waals surface area contributed by atoms with Gasteiger partial charge in [0, 0.05) is 14.7 Å². The Morgan fingerprint density at radius 1 is 1.00 bits per heavy atom. The largest absolute Gasteiger partial charge is 0.496 e. The first-order chi connectivity index (χ1) is 14.0. The molecule has 0 spiro atoms. The van der Waals surface area contributed by atoms with E-state index in [2.05, 4.69) is 22.6 Å². The number of halogens is 3. The molecule has 3 nitrogen and oxygen atoms in total. The SMILES string of the molecule is COc1ccc(/C=C/C(=O)c2ccc(Cl)c(Cl)c2)cc1COc1ccc(I)cc1. The fourth-order valence-electron chi connectivity index (χ4n) is 2.62. The predicted octanol–water partition coefficient (Wildman–Crippen LogP) is 7.08. The standard InChI is InChI=1S/C23H17Cl2IO3/c1-28-23-11-3-15(2-10-22(27)16-4-9-20(24)21(25)13-16)12-17(23)14-29-19-7-5-18(26)6-8-19/h2-13H,14H2,1H3/b10-2+. The van der Waals surface area contributed by atoms with Crippen molar-refractivity contribution in [1.29, 1.82) is 0 Å². The van der Waals surface area contributed by atoms with Gasteiger partial charge in [-0.2, -0.15) is 0 Å². The van der Waals surface area contributed by atoms with Crippen LogP contribution in [0.1, 0.15) is 21.5 Å². The number of rotatable bonds is 7. The van der Waals surface area contributed by atoms with Crippen LogP contribution in [0.4, 0.5) is 0 Å². The number of carbonyl (C=O) groups is 1. The van der Waals surface area contributed by atoms with Gasteiger partial charge in [0.1, 0.15) is 18.1 Å². The minimum absolute atomic E-state index is 0.156. The lowest BCUT2D eigenvalue weighted by Gasteiger charge is -2.11. The maximum atomic E-state index is 12.4. The van der Waals surface area contributed by atoms with Crippen molar-refractivity contribution < 1.29 is 14.3 Å². The maximum absolute atomic E-state index is 12.4. The van der Waals surface area contributed by atoms with Gasteiger partial charge in [-0.15, -0.1) is 0 Å². The Hall–Kier alpha value is -2.02. The molecule has 148 valence electrons.